The lowest BCUT2D eigenvalue weighted by atomic mass is 9.95. The van der Waals surface area contributed by atoms with Crippen molar-refractivity contribution in [2.75, 3.05) is 18.4 Å². The maximum atomic E-state index is 12.6. The monoisotopic (exact) mass is 428 g/mol. The largest absolute Gasteiger partial charge is 0.339 e. The van der Waals surface area contributed by atoms with Crippen molar-refractivity contribution in [1.29, 1.82) is 0 Å². The molecule has 1 fully saturated rings. The molecule has 6 heteroatoms. The Labute approximate surface area is 166 Å². The van der Waals surface area contributed by atoms with Crippen LogP contribution < -0.4 is 5.32 Å². The number of halogens is 1. The van der Waals surface area contributed by atoms with Gasteiger partial charge in [-0.3, -0.25) is 14.4 Å². The molecule has 2 aromatic carbocycles. The van der Waals surface area contributed by atoms with Crippen LogP contribution >= 0.6 is 15.9 Å². The Morgan fingerprint density at radius 2 is 1.67 bits per heavy atom. The first-order valence-electron chi connectivity index (χ1n) is 8.91. The summed E-state index contributed by atoms with van der Waals surface area (Å²) in [6.07, 6.45) is 1.25. The quantitative estimate of drug-likeness (QED) is 0.743. The van der Waals surface area contributed by atoms with Gasteiger partial charge in [0, 0.05) is 40.3 Å². The molecular formula is C21H21BrN2O3. The Morgan fingerprint density at radius 1 is 1.00 bits per heavy atom. The van der Waals surface area contributed by atoms with Crippen molar-refractivity contribution in [1.82, 2.24) is 4.90 Å². The van der Waals surface area contributed by atoms with Crippen molar-refractivity contribution >= 4 is 39.2 Å². The number of ketones is 1. The number of likely N-dealkylation sites (tertiary alicyclic amines) is 1. The van der Waals surface area contributed by atoms with Crippen molar-refractivity contribution < 1.29 is 14.4 Å². The van der Waals surface area contributed by atoms with Gasteiger partial charge in [0.2, 0.25) is 5.91 Å². The average Bonchev–Trinajstić information content (AvgIpc) is 2.68. The first-order valence-corrected chi connectivity index (χ1v) is 9.70. The third-order valence-electron chi connectivity index (χ3n) is 4.78. The molecule has 1 aliphatic heterocycles. The van der Waals surface area contributed by atoms with Gasteiger partial charge in [-0.05, 0) is 56.2 Å². The van der Waals surface area contributed by atoms with Crippen molar-refractivity contribution in [3.8, 4) is 0 Å². The number of piperidine rings is 1. The fraction of sp³-hybridized carbons (Fsp3) is 0.286. The number of hydrogen-bond acceptors (Lipinski definition) is 3. The maximum absolute atomic E-state index is 12.6. The first-order chi connectivity index (χ1) is 12.9. The Kier molecular flexibility index (Phi) is 6.06. The molecule has 3 rings (SSSR count). The fourth-order valence-electron chi connectivity index (χ4n) is 3.18. The lowest BCUT2D eigenvalue weighted by Crippen LogP contribution is -2.41. The number of carbonyl (C=O) groups excluding carboxylic acids is 3. The second-order valence-electron chi connectivity index (χ2n) is 6.70. The zero-order chi connectivity index (χ0) is 19.4. The highest BCUT2D eigenvalue weighted by molar-refractivity contribution is 9.10. The SMILES string of the molecule is CC(=O)c1cccc(NC(=O)C2CCN(C(=O)c3ccc(Br)cc3)CC2)c1. The van der Waals surface area contributed by atoms with E-state index in [1.54, 1.807) is 41.3 Å². The molecule has 2 amide bonds. The summed E-state index contributed by atoms with van der Waals surface area (Å²) in [7, 11) is 0. The number of nitrogens with zero attached hydrogens (tertiary/aromatic N) is 1. The molecule has 0 aromatic heterocycles. The summed E-state index contributed by atoms with van der Waals surface area (Å²) in [4.78, 5) is 38.3. The van der Waals surface area contributed by atoms with Crippen LogP contribution in [0.1, 0.15) is 40.5 Å². The molecule has 5 nitrogen and oxygen atoms in total. The average molecular weight is 429 g/mol. The van der Waals surface area contributed by atoms with Crippen LogP contribution in [0.2, 0.25) is 0 Å². The van der Waals surface area contributed by atoms with Gasteiger partial charge in [0.25, 0.3) is 5.91 Å². The first kappa shape index (κ1) is 19.3. The highest BCUT2D eigenvalue weighted by Gasteiger charge is 2.28. The van der Waals surface area contributed by atoms with Crippen molar-refractivity contribution in [3.63, 3.8) is 0 Å². The molecule has 0 saturated carbocycles. The molecule has 0 aliphatic carbocycles. The minimum Gasteiger partial charge on any atom is -0.339 e. The number of rotatable bonds is 4. The summed E-state index contributed by atoms with van der Waals surface area (Å²) in [6, 6.07) is 14.2. The number of benzene rings is 2. The van der Waals surface area contributed by atoms with Gasteiger partial charge in [-0.2, -0.15) is 0 Å². The van der Waals surface area contributed by atoms with Gasteiger partial charge in [-0.1, -0.05) is 28.1 Å². The van der Waals surface area contributed by atoms with E-state index in [0.717, 1.165) is 4.47 Å². The van der Waals surface area contributed by atoms with E-state index in [1.807, 2.05) is 12.1 Å². The van der Waals surface area contributed by atoms with Gasteiger partial charge >= 0.3 is 0 Å². The smallest absolute Gasteiger partial charge is 0.253 e. The maximum Gasteiger partial charge on any atom is 0.253 e. The summed E-state index contributed by atoms with van der Waals surface area (Å²) in [5, 5.41) is 2.89. The number of nitrogens with one attached hydrogen (secondary N) is 1. The molecule has 0 radical (unpaired) electrons. The summed E-state index contributed by atoms with van der Waals surface area (Å²) in [6.45, 7) is 2.61. The fourth-order valence-corrected chi connectivity index (χ4v) is 3.44. The van der Waals surface area contributed by atoms with Gasteiger partial charge in [0.15, 0.2) is 5.78 Å². The molecule has 0 atom stereocenters. The van der Waals surface area contributed by atoms with Crippen molar-refractivity contribution in [3.05, 3.63) is 64.1 Å². The summed E-state index contributed by atoms with van der Waals surface area (Å²) >= 11 is 3.37. The third kappa shape index (κ3) is 4.83. The number of anilines is 1. The number of amides is 2. The normalized spacial score (nSPS) is 14.7. The van der Waals surface area contributed by atoms with E-state index in [4.69, 9.17) is 0 Å². The van der Waals surface area contributed by atoms with E-state index in [9.17, 15) is 14.4 Å². The van der Waals surface area contributed by atoms with Gasteiger partial charge in [-0.25, -0.2) is 0 Å². The topological polar surface area (TPSA) is 66.5 Å². The summed E-state index contributed by atoms with van der Waals surface area (Å²) < 4.78 is 0.934. The molecule has 2 aromatic rings. The number of Topliss-reactive ketones (excluding diaryl/α,β-unsaturated/α-hetero) is 1. The molecule has 1 aliphatic rings. The Hall–Kier alpha value is -2.47. The molecule has 1 heterocycles. The molecule has 27 heavy (non-hydrogen) atoms. The number of hydrogen-bond donors (Lipinski definition) is 1. The Morgan fingerprint density at radius 3 is 2.30 bits per heavy atom. The van der Waals surface area contributed by atoms with E-state index in [1.165, 1.54) is 6.92 Å². The standard InChI is InChI=1S/C21H21BrN2O3/c1-14(25)17-3-2-4-19(13-17)23-20(26)15-9-11-24(12-10-15)21(27)16-5-7-18(22)8-6-16/h2-8,13,15H,9-12H2,1H3,(H,23,26). The van der Waals surface area contributed by atoms with Gasteiger partial charge < -0.3 is 10.2 Å². The Bertz CT molecular complexity index is 856. The van der Waals surface area contributed by atoms with Crippen molar-refractivity contribution in [2.45, 2.75) is 19.8 Å². The van der Waals surface area contributed by atoms with Crippen LogP contribution in [0.5, 0.6) is 0 Å². The second-order valence-corrected chi connectivity index (χ2v) is 7.62. The predicted octanol–water partition coefficient (Wildman–Crippen LogP) is 4.14. The van der Waals surface area contributed by atoms with E-state index in [0.29, 0.717) is 42.7 Å². The van der Waals surface area contributed by atoms with Crippen LogP contribution in [0.4, 0.5) is 5.69 Å². The van der Waals surface area contributed by atoms with E-state index >= 15 is 0 Å². The molecular weight excluding hydrogens is 408 g/mol. The molecule has 1 N–H and O–H groups in total. The molecule has 0 bridgehead atoms. The minimum atomic E-state index is -0.139. The third-order valence-corrected chi connectivity index (χ3v) is 5.31. The van der Waals surface area contributed by atoms with Crippen LogP contribution in [0.15, 0.2) is 53.0 Å². The summed E-state index contributed by atoms with van der Waals surface area (Å²) in [5.41, 5.74) is 1.85. The predicted molar refractivity (Wildman–Crippen MR) is 108 cm³/mol. The summed E-state index contributed by atoms with van der Waals surface area (Å²) in [5.74, 6) is -0.243. The highest BCUT2D eigenvalue weighted by atomic mass is 79.9. The lowest BCUT2D eigenvalue weighted by molar-refractivity contribution is -0.121. The molecule has 0 unspecified atom stereocenters. The van der Waals surface area contributed by atoms with Gasteiger partial charge in [0.05, 0.1) is 0 Å². The molecule has 0 spiro atoms. The minimum absolute atomic E-state index is 0.00415. The van der Waals surface area contributed by atoms with Crippen LogP contribution in [0.25, 0.3) is 0 Å². The van der Waals surface area contributed by atoms with Gasteiger partial charge in [0.1, 0.15) is 0 Å². The lowest BCUT2D eigenvalue weighted by Gasteiger charge is -2.31. The molecule has 1 saturated heterocycles. The van der Waals surface area contributed by atoms with Crippen LogP contribution in [-0.2, 0) is 4.79 Å². The molecule has 140 valence electrons. The zero-order valence-corrected chi connectivity index (χ0v) is 16.7. The van der Waals surface area contributed by atoms with E-state index in [-0.39, 0.29) is 23.5 Å². The van der Waals surface area contributed by atoms with Crippen LogP contribution in [0, 0.1) is 5.92 Å². The van der Waals surface area contributed by atoms with E-state index in [2.05, 4.69) is 21.2 Å². The number of carbonyl (C=O) groups is 3. The second kappa shape index (κ2) is 8.48. The Balaban J connectivity index is 1.56. The van der Waals surface area contributed by atoms with Gasteiger partial charge in [-0.15, -0.1) is 0 Å². The highest BCUT2D eigenvalue weighted by Crippen LogP contribution is 2.22. The zero-order valence-electron chi connectivity index (χ0n) is 15.1. The van der Waals surface area contributed by atoms with Crippen molar-refractivity contribution in [2.24, 2.45) is 5.92 Å². The van der Waals surface area contributed by atoms with E-state index < -0.39 is 0 Å². The van der Waals surface area contributed by atoms with Crippen LogP contribution in [0.3, 0.4) is 0 Å². The van der Waals surface area contributed by atoms with Crippen LogP contribution in [-0.4, -0.2) is 35.6 Å².